The monoisotopic (exact) mass is 1380 g/mol. The van der Waals surface area contributed by atoms with Gasteiger partial charge in [0.15, 0.2) is 0 Å². The molecule has 542 valence electrons. The molecular weight excluding hydrogens is 1280 g/mol. The molecule has 12 aliphatic heterocycles. The molecule has 14 atom stereocenters. The smallest absolute Gasteiger partial charge is 0.326 e. The number of hydrogen-bond acceptors (Lipinski definition) is 16. The van der Waals surface area contributed by atoms with Crippen molar-refractivity contribution in [1.29, 1.82) is 0 Å². The van der Waals surface area contributed by atoms with Crippen LogP contribution in [-0.2, 0) is 71.9 Å². The van der Waals surface area contributed by atoms with Crippen LogP contribution in [0.1, 0.15) is 168 Å². The van der Waals surface area contributed by atoms with Crippen LogP contribution >= 0.6 is 0 Å². The maximum atomic E-state index is 14.8. The van der Waals surface area contributed by atoms with Gasteiger partial charge in [0.2, 0.25) is 82.7 Å². The number of hydrogen-bond donors (Lipinski definition) is 4. The van der Waals surface area contributed by atoms with Gasteiger partial charge in [0, 0.05) is 78.5 Å². The molecule has 0 aromatic heterocycles. The Balaban J connectivity index is 0.629. The molecule has 31 heteroatoms. The Morgan fingerprint density at radius 1 is 0.283 bits per heavy atom. The van der Waals surface area contributed by atoms with Crippen molar-refractivity contribution in [2.45, 2.75) is 253 Å². The summed E-state index contributed by atoms with van der Waals surface area (Å²) in [6.07, 6.45) is 10.6. The first-order chi connectivity index (χ1) is 47.6. The minimum atomic E-state index is -1.11. The van der Waals surface area contributed by atoms with Gasteiger partial charge in [0.1, 0.15) is 84.6 Å². The summed E-state index contributed by atoms with van der Waals surface area (Å²) in [5.74, 6) is -6.87. The first-order valence-electron chi connectivity index (χ1n) is 36.8. The largest absolute Gasteiger partial charge is 0.480 e. The van der Waals surface area contributed by atoms with Gasteiger partial charge in [-0.3, -0.25) is 67.1 Å². The first kappa shape index (κ1) is 70.9. The summed E-state index contributed by atoms with van der Waals surface area (Å²) in [6, 6.07) is -12.7. The average molecular weight is 1380 g/mol. The molecule has 0 unspecified atom stereocenters. The number of nitrogens with zero attached hydrogens (tertiary/aromatic N) is 12. The Morgan fingerprint density at radius 3 is 0.687 bits per heavy atom. The highest BCUT2D eigenvalue weighted by atomic mass is 16.4. The highest BCUT2D eigenvalue weighted by Crippen LogP contribution is 2.36. The van der Waals surface area contributed by atoms with E-state index in [-0.39, 0.29) is 106 Å². The molecule has 12 aliphatic rings. The van der Waals surface area contributed by atoms with E-state index < -0.39 is 126 Å². The van der Waals surface area contributed by atoms with Crippen LogP contribution < -0.4 is 16.4 Å². The molecule has 0 bridgehead atoms. The van der Waals surface area contributed by atoms with Crippen molar-refractivity contribution in [3.63, 3.8) is 0 Å². The molecule has 12 fully saturated rings. The molecular formula is C68H99N15O16. The molecule has 0 radical (unpaired) electrons. The molecule has 0 aromatic rings. The lowest BCUT2D eigenvalue weighted by molar-refractivity contribution is -0.156. The van der Waals surface area contributed by atoms with E-state index in [9.17, 15) is 77.0 Å². The van der Waals surface area contributed by atoms with Gasteiger partial charge in [-0.05, 0) is 168 Å². The van der Waals surface area contributed by atoms with E-state index >= 15 is 0 Å². The standard InChI is InChI=1S/C68H99N15O16/c1-40(70-55(85)42-15-3-27-72(42)54(84)39-69)57(87)74-29-5-17-44(74)60(90)76-31-7-19-46(76)59(89)73-28-4-16-43(73)56(86)71-41(2)58(88)75-30-6-18-45(75)61(91)77-32-8-20-47(77)62(92)78-33-9-21-48(78)63(93)79-34-10-22-49(79)64(94)80-35-11-23-50(80)65(95)81-36-12-24-51(81)66(96)82-37-13-25-52(82)67(97)83-38-14-26-53(83)68(98)99/h40-53H,3-39,69H2,1-2H3,(H,70,85)(H,71,86)(H,98,99)/t40-,41-,42-,43-,44-,45-,46-,47-,48-,49-,50-,51-,52-,53-/m0/s1. The molecule has 5 N–H and O–H groups in total. The lowest BCUT2D eigenvalue weighted by Gasteiger charge is -2.37. The van der Waals surface area contributed by atoms with Crippen molar-refractivity contribution in [3.8, 4) is 0 Å². The van der Waals surface area contributed by atoms with E-state index in [1.807, 2.05) is 0 Å². The predicted octanol–water partition coefficient (Wildman–Crippen LogP) is -2.07. The van der Waals surface area contributed by atoms with Crippen LogP contribution in [0.5, 0.6) is 0 Å². The van der Waals surface area contributed by atoms with Gasteiger partial charge in [0.25, 0.3) is 0 Å². The molecule has 99 heavy (non-hydrogen) atoms. The van der Waals surface area contributed by atoms with Crippen LogP contribution in [0, 0.1) is 0 Å². The van der Waals surface area contributed by atoms with Crippen molar-refractivity contribution < 1.29 is 77.0 Å². The summed E-state index contributed by atoms with van der Waals surface area (Å²) < 4.78 is 0. The number of aliphatic carboxylic acids is 1. The minimum absolute atomic E-state index is 0.222. The van der Waals surface area contributed by atoms with Crippen molar-refractivity contribution in [2.75, 3.05) is 85.1 Å². The summed E-state index contributed by atoms with van der Waals surface area (Å²) >= 11 is 0. The summed E-state index contributed by atoms with van der Waals surface area (Å²) in [4.78, 5) is 229. The number of likely N-dealkylation sites (tertiary alicyclic amines) is 12. The van der Waals surface area contributed by atoms with Gasteiger partial charge >= 0.3 is 5.97 Å². The topological polar surface area (TPSA) is 365 Å². The van der Waals surface area contributed by atoms with Gasteiger partial charge in [-0.1, -0.05) is 0 Å². The number of nitrogens with two attached hydrogens (primary N) is 1. The fourth-order valence-corrected chi connectivity index (χ4v) is 18.6. The molecule has 12 heterocycles. The Labute approximate surface area is 576 Å². The minimum Gasteiger partial charge on any atom is -0.480 e. The fourth-order valence-electron chi connectivity index (χ4n) is 18.6. The lowest BCUT2D eigenvalue weighted by atomic mass is 10.1. The van der Waals surface area contributed by atoms with Gasteiger partial charge in [0.05, 0.1) is 6.54 Å². The van der Waals surface area contributed by atoms with Crippen molar-refractivity contribution in [2.24, 2.45) is 5.73 Å². The van der Waals surface area contributed by atoms with Crippen LogP contribution in [0.4, 0.5) is 0 Å². The Morgan fingerprint density at radius 2 is 0.455 bits per heavy atom. The molecule has 0 spiro atoms. The quantitative estimate of drug-likeness (QED) is 0.122. The van der Waals surface area contributed by atoms with E-state index in [0.29, 0.717) is 180 Å². The third-order valence-electron chi connectivity index (χ3n) is 23.6. The Hall–Kier alpha value is -7.99. The maximum absolute atomic E-state index is 14.8. The number of carbonyl (C=O) groups is 15. The second-order valence-corrected chi connectivity index (χ2v) is 29.3. The highest BCUT2D eigenvalue weighted by molar-refractivity contribution is 6.01. The van der Waals surface area contributed by atoms with Gasteiger partial charge in [-0.15, -0.1) is 0 Å². The van der Waals surface area contributed by atoms with E-state index in [1.165, 1.54) is 55.9 Å². The first-order valence-corrected chi connectivity index (χ1v) is 36.8. The van der Waals surface area contributed by atoms with Gasteiger partial charge in [-0.25, -0.2) is 4.79 Å². The van der Waals surface area contributed by atoms with Gasteiger partial charge < -0.3 is 80.3 Å². The van der Waals surface area contributed by atoms with Crippen molar-refractivity contribution in [1.82, 2.24) is 69.4 Å². The molecule has 12 rings (SSSR count). The summed E-state index contributed by atoms with van der Waals surface area (Å²) in [5.41, 5.74) is 5.57. The third kappa shape index (κ3) is 13.6. The maximum Gasteiger partial charge on any atom is 0.326 e. The van der Waals surface area contributed by atoms with Crippen molar-refractivity contribution in [3.05, 3.63) is 0 Å². The van der Waals surface area contributed by atoms with E-state index in [1.54, 1.807) is 16.7 Å². The molecule has 31 nitrogen and oxygen atoms in total. The highest BCUT2D eigenvalue weighted by Gasteiger charge is 2.54. The average Bonchev–Trinajstić information content (AvgIpc) is 1.67. The van der Waals surface area contributed by atoms with Crippen LogP contribution in [0.3, 0.4) is 0 Å². The number of nitrogens with one attached hydrogen (secondary N) is 2. The number of carboxylic acids is 1. The number of rotatable bonds is 17. The molecule has 0 aliphatic carbocycles. The zero-order valence-corrected chi connectivity index (χ0v) is 57.3. The van der Waals surface area contributed by atoms with E-state index in [2.05, 4.69) is 10.6 Å². The zero-order valence-electron chi connectivity index (χ0n) is 57.3. The normalized spacial score (nSPS) is 30.7. The Bertz CT molecular complexity index is 3240. The van der Waals surface area contributed by atoms with Crippen LogP contribution in [0.25, 0.3) is 0 Å². The number of amides is 14. The number of carboxylic acid groups (broad SMARTS) is 1. The SMILES string of the molecule is C[C@H](NC(=O)[C@@H]1CCCN1C(=O)CN)C(=O)N1CCC[C@H]1C(=O)N1CCC[C@H]1C(=O)N1CCC[C@H]1C(=O)N[C@@H](C)C(=O)N1CCC[C@H]1C(=O)N1CCC[C@H]1C(=O)N1CCC[C@H]1C(=O)N1CCC[C@H]1C(=O)N1CCC[C@H]1C(=O)N1CCC[C@H]1C(=O)N1CCC[C@H]1C(=O)N1CCC[C@H]1C(=O)O. The lowest BCUT2D eigenvalue weighted by Crippen LogP contribution is -2.59. The number of carbonyl (C=O) groups excluding carboxylic acids is 14. The Kier molecular flexibility index (Phi) is 21.5. The van der Waals surface area contributed by atoms with Crippen molar-refractivity contribution >= 4 is 88.7 Å². The molecule has 14 amide bonds. The van der Waals surface area contributed by atoms with E-state index in [0.717, 1.165) is 0 Å². The van der Waals surface area contributed by atoms with Crippen LogP contribution in [0.2, 0.25) is 0 Å². The van der Waals surface area contributed by atoms with Crippen LogP contribution in [-0.4, -0.2) is 322 Å². The molecule has 12 saturated heterocycles. The molecule has 0 saturated carbocycles. The fraction of sp³-hybridized carbons (Fsp3) is 0.779. The zero-order chi connectivity index (χ0) is 70.2. The van der Waals surface area contributed by atoms with Gasteiger partial charge in [-0.2, -0.15) is 0 Å². The van der Waals surface area contributed by atoms with Crippen LogP contribution in [0.15, 0.2) is 0 Å². The predicted molar refractivity (Wildman–Crippen MR) is 349 cm³/mol. The second-order valence-electron chi connectivity index (χ2n) is 29.3. The summed E-state index contributed by atoms with van der Waals surface area (Å²) in [6.45, 7) is 6.16. The second kappa shape index (κ2) is 30.1. The molecule has 0 aromatic carbocycles. The summed E-state index contributed by atoms with van der Waals surface area (Å²) in [7, 11) is 0. The summed E-state index contributed by atoms with van der Waals surface area (Å²) in [5, 5.41) is 15.4. The van der Waals surface area contributed by atoms with E-state index in [4.69, 9.17) is 5.73 Å². The third-order valence-corrected chi connectivity index (χ3v) is 23.6.